The molecule has 0 fully saturated rings. The van der Waals surface area contributed by atoms with Crippen molar-refractivity contribution < 1.29 is 14.9 Å². The molecule has 1 heterocycles. The van der Waals surface area contributed by atoms with Gasteiger partial charge in [0.25, 0.3) is 0 Å². The van der Waals surface area contributed by atoms with E-state index in [1.54, 1.807) is 12.3 Å². The van der Waals surface area contributed by atoms with Crippen LogP contribution in [0.25, 0.3) is 0 Å². The van der Waals surface area contributed by atoms with Gasteiger partial charge in [-0.05, 0) is 12.5 Å². The number of pyridine rings is 1. The number of ether oxygens (including phenoxy) is 1. The fraction of sp³-hybridized carbons (Fsp3) is 0.545. The van der Waals surface area contributed by atoms with E-state index in [4.69, 9.17) is 14.9 Å². The van der Waals surface area contributed by atoms with Crippen LogP contribution in [0, 0.1) is 6.92 Å². The normalized spacial score (nSPS) is 11.3. The molecule has 86 valence electrons. The Kier molecular flexibility index (Phi) is 7.58. The lowest BCUT2D eigenvalue weighted by Gasteiger charge is -2.08. The molecule has 0 bridgehead atoms. The average Bonchev–Trinajstić information content (AvgIpc) is 2.30. The Morgan fingerprint density at radius 3 is 2.53 bits per heavy atom. The maximum atomic E-state index is 8.97. The molecule has 1 atom stereocenters. The molecule has 15 heavy (non-hydrogen) atoms. The van der Waals surface area contributed by atoms with E-state index in [0.717, 1.165) is 5.56 Å². The molecule has 1 aromatic heterocycles. The summed E-state index contributed by atoms with van der Waals surface area (Å²) in [5, 5.41) is 17.5. The maximum Gasteiger partial charge on any atom is 0.213 e. The summed E-state index contributed by atoms with van der Waals surface area (Å²) >= 11 is 0. The molecule has 4 heteroatoms. The topological polar surface area (TPSA) is 62.6 Å². The molecule has 0 aliphatic carbocycles. The van der Waals surface area contributed by atoms with Gasteiger partial charge in [0.15, 0.2) is 0 Å². The third kappa shape index (κ3) is 6.04. The van der Waals surface area contributed by atoms with E-state index < -0.39 is 6.10 Å². The molecular formula is C11H19NO3. The molecule has 1 unspecified atom stereocenters. The number of aliphatic hydroxyl groups is 2. The van der Waals surface area contributed by atoms with Gasteiger partial charge in [0.1, 0.15) is 12.7 Å². The monoisotopic (exact) mass is 213 g/mol. The second kappa shape index (κ2) is 8.20. The molecule has 0 aliphatic heterocycles. The van der Waals surface area contributed by atoms with Crippen molar-refractivity contribution in [3.8, 4) is 5.88 Å². The van der Waals surface area contributed by atoms with Crippen molar-refractivity contribution in [1.82, 2.24) is 4.98 Å². The largest absolute Gasteiger partial charge is 0.475 e. The summed E-state index contributed by atoms with van der Waals surface area (Å²) in [6.45, 7) is 5.69. The van der Waals surface area contributed by atoms with Gasteiger partial charge >= 0.3 is 0 Å². The number of aliphatic hydroxyl groups excluding tert-OH is 2. The lowest BCUT2D eigenvalue weighted by Crippen LogP contribution is -2.21. The number of hydrogen-bond donors (Lipinski definition) is 2. The van der Waals surface area contributed by atoms with Crippen LogP contribution in [0.2, 0.25) is 0 Å². The summed E-state index contributed by atoms with van der Waals surface area (Å²) in [5.74, 6) is 0.457. The minimum Gasteiger partial charge on any atom is -0.475 e. The van der Waals surface area contributed by atoms with Crippen LogP contribution in [-0.2, 0) is 0 Å². The molecule has 1 aromatic rings. The zero-order chi connectivity index (χ0) is 11.7. The zero-order valence-electron chi connectivity index (χ0n) is 9.47. The summed E-state index contributed by atoms with van der Waals surface area (Å²) in [6, 6.07) is 3.59. The standard InChI is InChI=1S/C9H13NO3.C2H6/c1-7-2-3-9(10-4-7)13-6-8(12)5-11;1-2/h2-4,8,11-12H,5-6H2,1H3;1-2H3. The van der Waals surface area contributed by atoms with E-state index in [-0.39, 0.29) is 13.2 Å². The Bertz CT molecular complexity index is 249. The first-order valence-corrected chi connectivity index (χ1v) is 5.06. The van der Waals surface area contributed by atoms with Gasteiger partial charge in [0.2, 0.25) is 5.88 Å². The van der Waals surface area contributed by atoms with Crippen molar-refractivity contribution in [2.45, 2.75) is 26.9 Å². The van der Waals surface area contributed by atoms with Crippen LogP contribution in [0.3, 0.4) is 0 Å². The molecule has 4 nitrogen and oxygen atoms in total. The second-order valence-electron chi connectivity index (χ2n) is 2.82. The summed E-state index contributed by atoms with van der Waals surface area (Å²) < 4.78 is 5.09. The lowest BCUT2D eigenvalue weighted by atomic mass is 10.3. The first kappa shape index (κ1) is 13.9. The Hall–Kier alpha value is -1.13. The highest BCUT2D eigenvalue weighted by atomic mass is 16.5. The Morgan fingerprint density at radius 1 is 1.40 bits per heavy atom. The summed E-state index contributed by atoms with van der Waals surface area (Å²) in [6.07, 6.45) is 0.837. The molecule has 0 saturated heterocycles. The van der Waals surface area contributed by atoms with E-state index in [1.807, 2.05) is 26.8 Å². The number of aryl methyl sites for hydroxylation is 1. The minimum atomic E-state index is -0.844. The quantitative estimate of drug-likeness (QED) is 0.787. The van der Waals surface area contributed by atoms with Gasteiger partial charge < -0.3 is 14.9 Å². The third-order valence-corrected chi connectivity index (χ3v) is 1.52. The van der Waals surface area contributed by atoms with Crippen molar-refractivity contribution in [3.63, 3.8) is 0 Å². The van der Waals surface area contributed by atoms with E-state index >= 15 is 0 Å². The SMILES string of the molecule is CC.Cc1ccc(OCC(O)CO)nc1. The molecule has 0 aliphatic rings. The Labute approximate surface area is 90.5 Å². The third-order valence-electron chi connectivity index (χ3n) is 1.52. The maximum absolute atomic E-state index is 8.97. The minimum absolute atomic E-state index is 0.0621. The van der Waals surface area contributed by atoms with E-state index in [9.17, 15) is 0 Å². The predicted molar refractivity (Wildman–Crippen MR) is 58.9 cm³/mol. The van der Waals surface area contributed by atoms with Crippen LogP contribution in [0.5, 0.6) is 5.88 Å². The van der Waals surface area contributed by atoms with Crippen LogP contribution >= 0.6 is 0 Å². The first-order chi connectivity index (χ1) is 7.22. The highest BCUT2D eigenvalue weighted by Gasteiger charge is 2.02. The second-order valence-corrected chi connectivity index (χ2v) is 2.82. The van der Waals surface area contributed by atoms with Crippen LogP contribution in [0.4, 0.5) is 0 Å². The summed E-state index contributed by atoms with van der Waals surface area (Å²) in [5.41, 5.74) is 1.05. The van der Waals surface area contributed by atoms with Crippen LogP contribution in [0.15, 0.2) is 18.3 Å². The van der Waals surface area contributed by atoms with Crippen LogP contribution in [0.1, 0.15) is 19.4 Å². The van der Waals surface area contributed by atoms with Crippen molar-refractivity contribution >= 4 is 0 Å². The van der Waals surface area contributed by atoms with Crippen LogP contribution < -0.4 is 4.74 Å². The molecular weight excluding hydrogens is 194 g/mol. The smallest absolute Gasteiger partial charge is 0.213 e. The highest BCUT2D eigenvalue weighted by Crippen LogP contribution is 2.06. The molecule has 0 radical (unpaired) electrons. The van der Waals surface area contributed by atoms with E-state index in [0.29, 0.717) is 5.88 Å². The molecule has 2 N–H and O–H groups in total. The lowest BCUT2D eigenvalue weighted by molar-refractivity contribution is 0.0521. The predicted octanol–water partition coefficient (Wildman–Crippen LogP) is 1.15. The average molecular weight is 213 g/mol. The number of nitrogens with zero attached hydrogens (tertiary/aromatic N) is 1. The van der Waals surface area contributed by atoms with E-state index in [2.05, 4.69) is 4.98 Å². The fourth-order valence-corrected chi connectivity index (χ4v) is 0.774. The summed E-state index contributed by atoms with van der Waals surface area (Å²) in [4.78, 5) is 3.97. The van der Waals surface area contributed by atoms with Gasteiger partial charge in [-0.1, -0.05) is 19.9 Å². The van der Waals surface area contributed by atoms with Gasteiger partial charge in [-0.25, -0.2) is 4.98 Å². The van der Waals surface area contributed by atoms with Gasteiger partial charge in [0, 0.05) is 12.3 Å². The van der Waals surface area contributed by atoms with Crippen molar-refractivity contribution in [1.29, 1.82) is 0 Å². The van der Waals surface area contributed by atoms with Gasteiger partial charge in [-0.2, -0.15) is 0 Å². The Morgan fingerprint density at radius 2 is 2.07 bits per heavy atom. The van der Waals surface area contributed by atoms with Crippen molar-refractivity contribution in [2.24, 2.45) is 0 Å². The summed E-state index contributed by atoms with van der Waals surface area (Å²) in [7, 11) is 0. The van der Waals surface area contributed by atoms with Crippen molar-refractivity contribution in [3.05, 3.63) is 23.9 Å². The molecule has 0 saturated carbocycles. The van der Waals surface area contributed by atoms with Gasteiger partial charge in [-0.3, -0.25) is 0 Å². The first-order valence-electron chi connectivity index (χ1n) is 5.06. The molecule has 0 amide bonds. The van der Waals surface area contributed by atoms with Gasteiger partial charge in [0.05, 0.1) is 6.61 Å². The number of aromatic nitrogens is 1. The number of hydrogen-bond acceptors (Lipinski definition) is 4. The van der Waals surface area contributed by atoms with Crippen molar-refractivity contribution in [2.75, 3.05) is 13.2 Å². The highest BCUT2D eigenvalue weighted by molar-refractivity contribution is 5.16. The van der Waals surface area contributed by atoms with E-state index in [1.165, 1.54) is 0 Å². The molecule has 1 rings (SSSR count). The number of rotatable bonds is 4. The zero-order valence-corrected chi connectivity index (χ0v) is 9.47. The van der Waals surface area contributed by atoms with Crippen LogP contribution in [-0.4, -0.2) is 34.5 Å². The van der Waals surface area contributed by atoms with Gasteiger partial charge in [-0.15, -0.1) is 0 Å². The fourth-order valence-electron chi connectivity index (χ4n) is 0.774. The Balaban J connectivity index is 0.000000921. The molecule has 0 spiro atoms. The molecule has 0 aromatic carbocycles.